The standard InChI is InChI=1S/C17H13BrF3NO4/c1-8-13(7-25-22-8)16(24)26-15(23)12-5-11(9-2-3-9)14(17(19,20)21)4-10(12)6-18/h4-5,7,9H,2-3,6H2,1H3. The molecule has 1 aliphatic carbocycles. The lowest BCUT2D eigenvalue weighted by Gasteiger charge is -2.16. The number of halogens is 4. The third-order valence-electron chi connectivity index (χ3n) is 4.12. The molecule has 0 bridgehead atoms. The summed E-state index contributed by atoms with van der Waals surface area (Å²) in [6, 6.07) is 2.13. The molecular formula is C17H13BrF3NO4. The first-order valence-electron chi connectivity index (χ1n) is 7.69. The molecule has 1 fully saturated rings. The predicted molar refractivity (Wildman–Crippen MR) is 87.0 cm³/mol. The van der Waals surface area contributed by atoms with Crippen LogP contribution in [0.15, 0.2) is 22.9 Å². The number of nitrogens with zero attached hydrogens (tertiary/aromatic N) is 1. The third kappa shape index (κ3) is 3.67. The van der Waals surface area contributed by atoms with E-state index in [1.165, 1.54) is 13.0 Å². The lowest BCUT2D eigenvalue weighted by Crippen LogP contribution is -2.17. The van der Waals surface area contributed by atoms with Gasteiger partial charge in [0.15, 0.2) is 0 Å². The summed E-state index contributed by atoms with van der Waals surface area (Å²) in [6.07, 6.45) is -2.22. The van der Waals surface area contributed by atoms with E-state index in [0.29, 0.717) is 12.8 Å². The second kappa shape index (κ2) is 6.86. The normalized spacial score (nSPS) is 14.3. The van der Waals surface area contributed by atoms with E-state index in [4.69, 9.17) is 4.74 Å². The smallest absolute Gasteiger partial charge is 0.386 e. The van der Waals surface area contributed by atoms with Crippen molar-refractivity contribution in [1.29, 1.82) is 0 Å². The van der Waals surface area contributed by atoms with Gasteiger partial charge in [-0.3, -0.25) is 0 Å². The Morgan fingerprint density at radius 3 is 2.42 bits per heavy atom. The Balaban J connectivity index is 1.96. The van der Waals surface area contributed by atoms with Gasteiger partial charge in [0.1, 0.15) is 11.8 Å². The molecule has 0 saturated heterocycles. The van der Waals surface area contributed by atoms with Gasteiger partial charge >= 0.3 is 18.1 Å². The van der Waals surface area contributed by atoms with Crippen LogP contribution in [0.5, 0.6) is 0 Å². The zero-order valence-corrected chi connectivity index (χ0v) is 15.1. The lowest BCUT2D eigenvalue weighted by molar-refractivity contribution is -0.138. The summed E-state index contributed by atoms with van der Waals surface area (Å²) < 4.78 is 49.4. The lowest BCUT2D eigenvalue weighted by atomic mass is 9.95. The minimum Gasteiger partial charge on any atom is -0.386 e. The average molecular weight is 432 g/mol. The molecule has 0 radical (unpaired) electrons. The molecule has 0 atom stereocenters. The van der Waals surface area contributed by atoms with E-state index >= 15 is 0 Å². The number of ether oxygens (including phenoxy) is 1. The highest BCUT2D eigenvalue weighted by atomic mass is 79.9. The molecule has 0 N–H and O–H groups in total. The number of aryl methyl sites for hydroxylation is 1. The summed E-state index contributed by atoms with van der Waals surface area (Å²) in [5, 5.41) is 3.52. The molecule has 138 valence electrons. The van der Waals surface area contributed by atoms with E-state index < -0.39 is 23.7 Å². The fourth-order valence-corrected chi connectivity index (χ4v) is 3.09. The summed E-state index contributed by atoms with van der Waals surface area (Å²) in [4.78, 5) is 24.4. The first-order chi connectivity index (χ1) is 12.2. The molecule has 1 saturated carbocycles. The van der Waals surface area contributed by atoms with E-state index in [1.807, 2.05) is 0 Å². The first-order valence-corrected chi connectivity index (χ1v) is 8.82. The van der Waals surface area contributed by atoms with Crippen LogP contribution in [0, 0.1) is 6.92 Å². The number of rotatable bonds is 4. The summed E-state index contributed by atoms with van der Waals surface area (Å²) >= 11 is 3.09. The van der Waals surface area contributed by atoms with E-state index in [9.17, 15) is 22.8 Å². The fourth-order valence-electron chi connectivity index (χ4n) is 2.62. The molecule has 1 aromatic carbocycles. The number of carbonyl (C=O) groups excluding carboxylic acids is 2. The maximum absolute atomic E-state index is 13.3. The number of hydrogen-bond donors (Lipinski definition) is 0. The number of alkyl halides is 4. The van der Waals surface area contributed by atoms with Gasteiger partial charge in [-0.1, -0.05) is 21.1 Å². The van der Waals surface area contributed by atoms with Crippen LogP contribution >= 0.6 is 15.9 Å². The van der Waals surface area contributed by atoms with Gasteiger partial charge in [0, 0.05) is 5.33 Å². The fraction of sp³-hybridized carbons (Fsp3) is 0.353. The highest BCUT2D eigenvalue weighted by Crippen LogP contribution is 2.47. The van der Waals surface area contributed by atoms with Crippen molar-refractivity contribution in [3.8, 4) is 0 Å². The molecule has 9 heteroatoms. The van der Waals surface area contributed by atoms with Gasteiger partial charge in [-0.15, -0.1) is 0 Å². The Bertz CT molecular complexity index is 871. The number of benzene rings is 1. The van der Waals surface area contributed by atoms with Crippen molar-refractivity contribution in [1.82, 2.24) is 5.16 Å². The molecule has 0 aliphatic heterocycles. The van der Waals surface area contributed by atoms with Gasteiger partial charge < -0.3 is 9.26 Å². The van der Waals surface area contributed by atoms with E-state index in [0.717, 1.165) is 12.3 Å². The molecule has 1 heterocycles. The molecule has 0 amide bonds. The van der Waals surface area contributed by atoms with E-state index in [-0.39, 0.29) is 39.2 Å². The molecule has 0 unspecified atom stereocenters. The number of carbonyl (C=O) groups is 2. The molecule has 5 nitrogen and oxygen atoms in total. The van der Waals surface area contributed by atoms with E-state index in [1.54, 1.807) is 0 Å². The summed E-state index contributed by atoms with van der Waals surface area (Å²) in [7, 11) is 0. The van der Waals surface area contributed by atoms with Gasteiger partial charge in [0.05, 0.1) is 16.8 Å². The van der Waals surface area contributed by atoms with Crippen molar-refractivity contribution < 1.29 is 32.0 Å². The van der Waals surface area contributed by atoms with Crippen molar-refractivity contribution in [3.63, 3.8) is 0 Å². The Hall–Kier alpha value is -2.16. The van der Waals surface area contributed by atoms with Crippen molar-refractivity contribution in [2.24, 2.45) is 0 Å². The number of hydrogen-bond acceptors (Lipinski definition) is 5. The van der Waals surface area contributed by atoms with Gasteiger partial charge in [-0.05, 0) is 48.9 Å². The molecule has 2 aromatic rings. The molecule has 1 aliphatic rings. The van der Waals surface area contributed by atoms with Crippen LogP contribution in [-0.4, -0.2) is 17.1 Å². The van der Waals surface area contributed by atoms with Crippen LogP contribution < -0.4 is 0 Å². The second-order valence-corrected chi connectivity index (χ2v) is 6.55. The summed E-state index contributed by atoms with van der Waals surface area (Å²) in [5.74, 6) is -2.22. The van der Waals surface area contributed by atoms with Crippen LogP contribution in [0.4, 0.5) is 13.2 Å². The third-order valence-corrected chi connectivity index (χ3v) is 4.72. The Kier molecular flexibility index (Phi) is 4.92. The maximum Gasteiger partial charge on any atom is 0.416 e. The van der Waals surface area contributed by atoms with Crippen LogP contribution in [0.1, 0.15) is 61.9 Å². The minimum atomic E-state index is -4.52. The topological polar surface area (TPSA) is 69.4 Å². The minimum absolute atomic E-state index is 0.00590. The first kappa shape index (κ1) is 18.6. The summed E-state index contributed by atoms with van der Waals surface area (Å²) in [5.41, 5.74) is -0.446. The van der Waals surface area contributed by atoms with Gasteiger partial charge in [0.25, 0.3) is 0 Å². The highest BCUT2D eigenvalue weighted by Gasteiger charge is 2.39. The monoisotopic (exact) mass is 431 g/mol. The van der Waals surface area contributed by atoms with Crippen LogP contribution in [0.2, 0.25) is 0 Å². The highest BCUT2D eigenvalue weighted by molar-refractivity contribution is 9.08. The quantitative estimate of drug-likeness (QED) is 0.396. The van der Waals surface area contributed by atoms with Crippen molar-refractivity contribution in [2.45, 2.75) is 37.2 Å². The molecular weight excluding hydrogens is 419 g/mol. The summed E-state index contributed by atoms with van der Waals surface area (Å²) in [6.45, 7) is 1.50. The SMILES string of the molecule is Cc1nocc1C(=O)OC(=O)c1cc(C2CC2)c(C(F)(F)F)cc1CBr. The Labute approximate surface area is 154 Å². The van der Waals surface area contributed by atoms with Crippen molar-refractivity contribution in [3.05, 3.63) is 51.9 Å². The second-order valence-electron chi connectivity index (χ2n) is 5.99. The zero-order valence-electron chi connectivity index (χ0n) is 13.5. The van der Waals surface area contributed by atoms with Gasteiger partial charge in [-0.2, -0.15) is 13.2 Å². The Morgan fingerprint density at radius 2 is 1.92 bits per heavy atom. The van der Waals surface area contributed by atoms with E-state index in [2.05, 4.69) is 25.6 Å². The molecule has 0 spiro atoms. The number of aromatic nitrogens is 1. The molecule has 3 rings (SSSR count). The van der Waals surface area contributed by atoms with Crippen LogP contribution in [-0.2, 0) is 16.2 Å². The average Bonchev–Trinajstić information content (AvgIpc) is 3.33. The van der Waals surface area contributed by atoms with Crippen molar-refractivity contribution >= 4 is 27.9 Å². The van der Waals surface area contributed by atoms with Gasteiger partial charge in [-0.25, -0.2) is 9.59 Å². The zero-order chi connectivity index (χ0) is 19.1. The van der Waals surface area contributed by atoms with Crippen molar-refractivity contribution in [2.75, 3.05) is 0 Å². The van der Waals surface area contributed by atoms with Gasteiger partial charge in [0.2, 0.25) is 0 Å². The Morgan fingerprint density at radius 1 is 1.27 bits per heavy atom. The molecule has 1 aromatic heterocycles. The largest absolute Gasteiger partial charge is 0.416 e. The predicted octanol–water partition coefficient (Wildman–Crippen LogP) is 4.77. The molecule has 26 heavy (non-hydrogen) atoms. The van der Waals surface area contributed by atoms with Crippen LogP contribution in [0.3, 0.4) is 0 Å². The number of esters is 2. The van der Waals surface area contributed by atoms with Crippen LogP contribution in [0.25, 0.3) is 0 Å². The maximum atomic E-state index is 13.3.